The molecular formula is C14H17NO3. The van der Waals surface area contributed by atoms with E-state index in [1.165, 1.54) is 0 Å². The van der Waals surface area contributed by atoms with Gasteiger partial charge in [-0.25, -0.2) is 0 Å². The van der Waals surface area contributed by atoms with E-state index in [4.69, 9.17) is 4.74 Å². The highest BCUT2D eigenvalue weighted by Crippen LogP contribution is 2.34. The summed E-state index contributed by atoms with van der Waals surface area (Å²) >= 11 is 0. The molecule has 1 aliphatic heterocycles. The standard InChI is InChI=1S/C14H17NO3/c1-3-11-12(8-13(16)15-14(11)17)9-5-4-6-10(7-9)18-2/h4-7,11-12H,3,8H2,1-2H3,(H,15,16,17). The van der Waals surface area contributed by atoms with E-state index in [1.807, 2.05) is 31.2 Å². The number of hydrogen-bond acceptors (Lipinski definition) is 3. The van der Waals surface area contributed by atoms with E-state index in [0.29, 0.717) is 6.42 Å². The number of carbonyl (C=O) groups excluding carboxylic acids is 2. The maximum atomic E-state index is 11.8. The van der Waals surface area contributed by atoms with Gasteiger partial charge in [-0.05, 0) is 24.1 Å². The van der Waals surface area contributed by atoms with Crippen LogP contribution in [0.2, 0.25) is 0 Å². The van der Waals surface area contributed by atoms with Crippen molar-refractivity contribution in [2.24, 2.45) is 5.92 Å². The summed E-state index contributed by atoms with van der Waals surface area (Å²) in [6, 6.07) is 7.59. The molecule has 2 amide bonds. The number of nitrogens with one attached hydrogen (secondary N) is 1. The molecule has 2 rings (SSSR count). The molecule has 2 atom stereocenters. The zero-order valence-electron chi connectivity index (χ0n) is 10.6. The predicted octanol–water partition coefficient (Wildman–Crippen LogP) is 1.85. The molecule has 0 bridgehead atoms. The lowest BCUT2D eigenvalue weighted by Crippen LogP contribution is -2.44. The zero-order chi connectivity index (χ0) is 13.1. The van der Waals surface area contributed by atoms with Crippen molar-refractivity contribution >= 4 is 11.8 Å². The predicted molar refractivity (Wildman–Crippen MR) is 67.3 cm³/mol. The molecule has 4 nitrogen and oxygen atoms in total. The minimum atomic E-state index is -0.197. The lowest BCUT2D eigenvalue weighted by Gasteiger charge is -2.29. The summed E-state index contributed by atoms with van der Waals surface area (Å²) in [6.45, 7) is 1.97. The molecule has 1 aliphatic rings. The quantitative estimate of drug-likeness (QED) is 0.829. The minimum absolute atomic E-state index is 0.0497. The van der Waals surface area contributed by atoms with E-state index in [0.717, 1.165) is 17.7 Å². The third-order valence-electron chi connectivity index (χ3n) is 3.45. The fourth-order valence-corrected chi connectivity index (χ4v) is 2.50. The van der Waals surface area contributed by atoms with Gasteiger partial charge in [-0.1, -0.05) is 19.1 Å². The van der Waals surface area contributed by atoms with E-state index in [9.17, 15) is 9.59 Å². The normalized spacial score (nSPS) is 23.7. The SMILES string of the molecule is CCC1C(=O)NC(=O)CC1c1cccc(OC)c1. The van der Waals surface area contributed by atoms with E-state index in [2.05, 4.69) is 5.32 Å². The molecule has 0 saturated carbocycles. The van der Waals surface area contributed by atoms with Crippen LogP contribution in [0.15, 0.2) is 24.3 Å². The van der Waals surface area contributed by atoms with Crippen molar-refractivity contribution in [3.05, 3.63) is 29.8 Å². The molecular weight excluding hydrogens is 230 g/mol. The molecule has 1 fully saturated rings. The van der Waals surface area contributed by atoms with Crippen LogP contribution in [0.25, 0.3) is 0 Å². The number of benzene rings is 1. The van der Waals surface area contributed by atoms with E-state index in [-0.39, 0.29) is 23.7 Å². The van der Waals surface area contributed by atoms with Gasteiger partial charge < -0.3 is 4.74 Å². The molecule has 0 aliphatic carbocycles. The second-order valence-corrected chi connectivity index (χ2v) is 4.51. The average molecular weight is 247 g/mol. The fraction of sp³-hybridized carbons (Fsp3) is 0.429. The summed E-state index contributed by atoms with van der Waals surface area (Å²) in [6.07, 6.45) is 1.08. The van der Waals surface area contributed by atoms with Crippen LogP contribution in [0, 0.1) is 5.92 Å². The number of amides is 2. The van der Waals surface area contributed by atoms with Crippen molar-refractivity contribution in [2.45, 2.75) is 25.7 Å². The van der Waals surface area contributed by atoms with Gasteiger partial charge in [-0.15, -0.1) is 0 Å². The maximum Gasteiger partial charge on any atom is 0.230 e. The number of carbonyl (C=O) groups is 2. The molecule has 1 aromatic rings. The number of methoxy groups -OCH3 is 1. The summed E-state index contributed by atoms with van der Waals surface area (Å²) in [5.74, 6) is 0.195. The second kappa shape index (κ2) is 5.21. The number of imide groups is 1. The Bertz CT molecular complexity index is 470. The van der Waals surface area contributed by atoms with Gasteiger partial charge in [-0.3, -0.25) is 14.9 Å². The minimum Gasteiger partial charge on any atom is -0.497 e. The van der Waals surface area contributed by atoms with Gasteiger partial charge in [0.1, 0.15) is 5.75 Å². The van der Waals surface area contributed by atoms with Crippen LogP contribution >= 0.6 is 0 Å². The summed E-state index contributed by atoms with van der Waals surface area (Å²) < 4.78 is 5.18. The summed E-state index contributed by atoms with van der Waals surface area (Å²) in [5.41, 5.74) is 0.990. The first kappa shape index (κ1) is 12.6. The Labute approximate surface area is 106 Å². The molecule has 0 radical (unpaired) electrons. The number of piperidine rings is 1. The Morgan fingerprint density at radius 1 is 1.39 bits per heavy atom. The molecule has 18 heavy (non-hydrogen) atoms. The van der Waals surface area contributed by atoms with E-state index in [1.54, 1.807) is 7.11 Å². The van der Waals surface area contributed by atoms with Gasteiger partial charge in [0.05, 0.1) is 7.11 Å². The Morgan fingerprint density at radius 2 is 2.17 bits per heavy atom. The van der Waals surface area contributed by atoms with Gasteiger partial charge >= 0.3 is 0 Å². The molecule has 1 N–H and O–H groups in total. The summed E-state index contributed by atoms with van der Waals surface area (Å²) in [4.78, 5) is 23.3. The highest BCUT2D eigenvalue weighted by atomic mass is 16.5. The summed E-state index contributed by atoms with van der Waals surface area (Å²) in [5, 5.41) is 2.40. The number of ether oxygens (including phenoxy) is 1. The molecule has 1 heterocycles. The van der Waals surface area contributed by atoms with Crippen LogP contribution < -0.4 is 10.1 Å². The lowest BCUT2D eigenvalue weighted by atomic mass is 9.79. The maximum absolute atomic E-state index is 11.8. The topological polar surface area (TPSA) is 55.4 Å². The molecule has 4 heteroatoms. The second-order valence-electron chi connectivity index (χ2n) is 4.51. The van der Waals surface area contributed by atoms with Crippen LogP contribution in [0.1, 0.15) is 31.2 Å². The molecule has 2 unspecified atom stereocenters. The van der Waals surface area contributed by atoms with Crippen LogP contribution in [-0.4, -0.2) is 18.9 Å². The molecule has 96 valence electrons. The third-order valence-corrected chi connectivity index (χ3v) is 3.45. The van der Waals surface area contributed by atoms with E-state index >= 15 is 0 Å². The highest BCUT2D eigenvalue weighted by Gasteiger charge is 2.35. The van der Waals surface area contributed by atoms with Gasteiger partial charge in [0, 0.05) is 18.3 Å². The molecule has 0 spiro atoms. The number of hydrogen-bond donors (Lipinski definition) is 1. The molecule has 1 saturated heterocycles. The van der Waals surface area contributed by atoms with Crippen LogP contribution in [0.3, 0.4) is 0 Å². The Morgan fingerprint density at radius 3 is 2.83 bits per heavy atom. The van der Waals surface area contributed by atoms with Crippen LogP contribution in [0.5, 0.6) is 5.75 Å². The van der Waals surface area contributed by atoms with E-state index < -0.39 is 0 Å². The smallest absolute Gasteiger partial charge is 0.230 e. The Kier molecular flexibility index (Phi) is 3.65. The third kappa shape index (κ3) is 2.37. The lowest BCUT2D eigenvalue weighted by molar-refractivity contribution is -0.137. The zero-order valence-corrected chi connectivity index (χ0v) is 10.6. The first-order valence-corrected chi connectivity index (χ1v) is 6.13. The fourth-order valence-electron chi connectivity index (χ4n) is 2.50. The van der Waals surface area contributed by atoms with Crippen LogP contribution in [0.4, 0.5) is 0 Å². The summed E-state index contributed by atoms with van der Waals surface area (Å²) in [7, 11) is 1.61. The number of rotatable bonds is 3. The Hall–Kier alpha value is -1.84. The monoisotopic (exact) mass is 247 g/mol. The Balaban J connectivity index is 2.33. The average Bonchev–Trinajstić information content (AvgIpc) is 2.38. The van der Waals surface area contributed by atoms with Crippen molar-refractivity contribution in [1.29, 1.82) is 0 Å². The first-order valence-electron chi connectivity index (χ1n) is 6.13. The van der Waals surface area contributed by atoms with Crippen molar-refractivity contribution in [3.8, 4) is 5.75 Å². The van der Waals surface area contributed by atoms with Crippen molar-refractivity contribution in [3.63, 3.8) is 0 Å². The van der Waals surface area contributed by atoms with Crippen molar-refractivity contribution < 1.29 is 14.3 Å². The van der Waals surface area contributed by atoms with Crippen molar-refractivity contribution in [2.75, 3.05) is 7.11 Å². The largest absolute Gasteiger partial charge is 0.497 e. The van der Waals surface area contributed by atoms with Crippen molar-refractivity contribution in [1.82, 2.24) is 5.32 Å². The first-order chi connectivity index (χ1) is 8.65. The van der Waals surface area contributed by atoms with Gasteiger partial charge in [0.2, 0.25) is 11.8 Å². The molecule has 1 aromatic carbocycles. The molecule has 0 aromatic heterocycles. The van der Waals surface area contributed by atoms with Gasteiger partial charge in [0.15, 0.2) is 0 Å². The van der Waals surface area contributed by atoms with Gasteiger partial charge in [-0.2, -0.15) is 0 Å². The highest BCUT2D eigenvalue weighted by molar-refractivity contribution is 5.99. The van der Waals surface area contributed by atoms with Crippen LogP contribution in [-0.2, 0) is 9.59 Å². The van der Waals surface area contributed by atoms with Gasteiger partial charge in [0.25, 0.3) is 0 Å².